The van der Waals surface area contributed by atoms with Gasteiger partial charge in [0.1, 0.15) is 0 Å². The molecule has 0 aromatic heterocycles. The van der Waals surface area contributed by atoms with Crippen molar-refractivity contribution in [3.8, 4) is 0 Å². The zero-order valence-electron chi connectivity index (χ0n) is 14.2. The topological polar surface area (TPSA) is 15.3 Å². The van der Waals surface area contributed by atoms with Gasteiger partial charge < -0.3 is 10.2 Å². The Morgan fingerprint density at radius 3 is 2.71 bits per heavy atom. The van der Waals surface area contributed by atoms with E-state index in [9.17, 15) is 0 Å². The molecule has 1 N–H and O–H groups in total. The maximum atomic E-state index is 3.79. The van der Waals surface area contributed by atoms with Crippen LogP contribution >= 0.6 is 0 Å². The normalized spacial score (nSPS) is 25.8. The second kappa shape index (κ2) is 7.84. The van der Waals surface area contributed by atoms with Crippen LogP contribution in [0.25, 0.3) is 0 Å². The van der Waals surface area contributed by atoms with E-state index in [2.05, 4.69) is 62.3 Å². The molecular weight excluding hydrogens is 256 g/mol. The Hall–Kier alpha value is -1.02. The number of nitrogens with zero attached hydrogens (tertiary/aromatic N) is 1. The molecule has 1 aliphatic rings. The van der Waals surface area contributed by atoms with Crippen LogP contribution in [0.2, 0.25) is 0 Å². The van der Waals surface area contributed by atoms with Gasteiger partial charge in [-0.1, -0.05) is 32.0 Å². The van der Waals surface area contributed by atoms with Gasteiger partial charge >= 0.3 is 0 Å². The van der Waals surface area contributed by atoms with Crippen molar-refractivity contribution in [1.82, 2.24) is 5.32 Å². The second-order valence-corrected chi connectivity index (χ2v) is 6.91. The van der Waals surface area contributed by atoms with Crippen LogP contribution in [0.3, 0.4) is 0 Å². The van der Waals surface area contributed by atoms with Gasteiger partial charge in [0.15, 0.2) is 0 Å². The van der Waals surface area contributed by atoms with Crippen molar-refractivity contribution >= 4 is 5.69 Å². The van der Waals surface area contributed by atoms with Gasteiger partial charge in [-0.2, -0.15) is 0 Å². The van der Waals surface area contributed by atoms with Gasteiger partial charge in [-0.15, -0.1) is 0 Å². The molecule has 1 saturated carbocycles. The minimum absolute atomic E-state index is 0.701. The van der Waals surface area contributed by atoms with E-state index in [1.54, 1.807) is 0 Å². The molecule has 2 nitrogen and oxygen atoms in total. The molecule has 0 heterocycles. The highest BCUT2D eigenvalue weighted by Gasteiger charge is 2.29. The molecular formula is C19H32N2. The summed E-state index contributed by atoms with van der Waals surface area (Å²) in [5, 5.41) is 3.79. The molecule has 3 unspecified atom stereocenters. The second-order valence-electron chi connectivity index (χ2n) is 6.91. The van der Waals surface area contributed by atoms with Crippen LogP contribution in [0.1, 0.15) is 45.1 Å². The highest BCUT2D eigenvalue weighted by molar-refractivity contribution is 5.52. The molecule has 2 heteroatoms. The Morgan fingerprint density at radius 1 is 1.24 bits per heavy atom. The number of hydrogen-bond acceptors (Lipinski definition) is 2. The largest absolute Gasteiger partial charge is 0.374 e. The van der Waals surface area contributed by atoms with E-state index in [4.69, 9.17) is 0 Å². The lowest BCUT2D eigenvalue weighted by atomic mass is 9.78. The SMILES string of the molecule is CCCNC1CCC(C)CC1CN(C)c1ccccc1C. The van der Waals surface area contributed by atoms with E-state index in [1.807, 2.05) is 0 Å². The predicted octanol–water partition coefficient (Wildman–Crippen LogP) is 4.24. The van der Waals surface area contributed by atoms with Crippen LogP contribution < -0.4 is 10.2 Å². The van der Waals surface area contributed by atoms with Gasteiger partial charge in [-0.05, 0) is 62.6 Å². The summed E-state index contributed by atoms with van der Waals surface area (Å²) in [6, 6.07) is 9.43. The van der Waals surface area contributed by atoms with E-state index in [-0.39, 0.29) is 0 Å². The molecule has 3 atom stereocenters. The summed E-state index contributed by atoms with van der Waals surface area (Å²) in [6.07, 6.45) is 5.31. The first-order chi connectivity index (χ1) is 10.1. The summed E-state index contributed by atoms with van der Waals surface area (Å²) in [5.74, 6) is 1.64. The first-order valence-corrected chi connectivity index (χ1v) is 8.62. The molecule has 0 saturated heterocycles. The molecule has 0 spiro atoms. The smallest absolute Gasteiger partial charge is 0.0393 e. The minimum Gasteiger partial charge on any atom is -0.374 e. The number of nitrogens with one attached hydrogen (secondary N) is 1. The van der Waals surface area contributed by atoms with Crippen molar-refractivity contribution in [2.24, 2.45) is 11.8 Å². The average Bonchev–Trinajstić information content (AvgIpc) is 2.47. The lowest BCUT2D eigenvalue weighted by Gasteiger charge is -2.38. The van der Waals surface area contributed by atoms with Crippen molar-refractivity contribution in [1.29, 1.82) is 0 Å². The maximum Gasteiger partial charge on any atom is 0.0393 e. The van der Waals surface area contributed by atoms with Crippen LogP contribution in [0.5, 0.6) is 0 Å². The molecule has 21 heavy (non-hydrogen) atoms. The van der Waals surface area contributed by atoms with Crippen LogP contribution in [-0.2, 0) is 0 Å². The maximum absolute atomic E-state index is 3.79. The monoisotopic (exact) mass is 288 g/mol. The first kappa shape index (κ1) is 16.4. The molecule has 0 aliphatic heterocycles. The zero-order valence-corrected chi connectivity index (χ0v) is 14.2. The van der Waals surface area contributed by atoms with Crippen molar-refractivity contribution in [3.63, 3.8) is 0 Å². The summed E-state index contributed by atoms with van der Waals surface area (Å²) in [7, 11) is 2.25. The number of para-hydroxylation sites is 1. The number of rotatable bonds is 6. The fraction of sp³-hybridized carbons (Fsp3) is 0.684. The van der Waals surface area contributed by atoms with Gasteiger partial charge in [-0.25, -0.2) is 0 Å². The van der Waals surface area contributed by atoms with E-state index < -0.39 is 0 Å². The number of hydrogen-bond donors (Lipinski definition) is 1. The summed E-state index contributed by atoms with van der Waals surface area (Å²) in [6.45, 7) is 9.20. The van der Waals surface area contributed by atoms with Gasteiger partial charge in [0.25, 0.3) is 0 Å². The van der Waals surface area contributed by atoms with Crippen molar-refractivity contribution in [2.45, 2.75) is 52.5 Å². The average molecular weight is 288 g/mol. The Morgan fingerprint density at radius 2 is 2.00 bits per heavy atom. The highest BCUT2D eigenvalue weighted by Crippen LogP contribution is 2.31. The highest BCUT2D eigenvalue weighted by atomic mass is 15.1. The third-order valence-corrected chi connectivity index (χ3v) is 4.94. The fourth-order valence-corrected chi connectivity index (χ4v) is 3.74. The summed E-state index contributed by atoms with van der Waals surface area (Å²) >= 11 is 0. The Labute approximate surface area is 130 Å². The number of anilines is 1. The van der Waals surface area contributed by atoms with E-state index in [1.165, 1.54) is 36.9 Å². The van der Waals surface area contributed by atoms with Gasteiger partial charge in [0.05, 0.1) is 0 Å². The molecule has 2 rings (SSSR count). The van der Waals surface area contributed by atoms with E-state index in [0.29, 0.717) is 6.04 Å². The van der Waals surface area contributed by atoms with E-state index in [0.717, 1.165) is 24.9 Å². The van der Waals surface area contributed by atoms with Gasteiger partial charge in [0, 0.05) is 25.3 Å². The number of aryl methyl sites for hydroxylation is 1. The van der Waals surface area contributed by atoms with Crippen LogP contribution in [0, 0.1) is 18.8 Å². The Bertz CT molecular complexity index is 427. The Balaban J connectivity index is 2.01. The standard InChI is InChI=1S/C19H32N2/c1-5-12-20-18-11-10-15(2)13-17(18)14-21(4)19-9-7-6-8-16(19)3/h6-9,15,17-18,20H,5,10-14H2,1-4H3. The summed E-state index contributed by atoms with van der Waals surface area (Å²) in [5.41, 5.74) is 2.76. The third kappa shape index (κ3) is 4.47. The minimum atomic E-state index is 0.701. The molecule has 1 fully saturated rings. The molecule has 1 aromatic carbocycles. The van der Waals surface area contributed by atoms with E-state index >= 15 is 0 Å². The predicted molar refractivity (Wildman–Crippen MR) is 93.0 cm³/mol. The molecule has 0 amide bonds. The van der Waals surface area contributed by atoms with Crippen LogP contribution in [0.15, 0.2) is 24.3 Å². The van der Waals surface area contributed by atoms with Crippen molar-refractivity contribution in [2.75, 3.05) is 25.0 Å². The lowest BCUT2D eigenvalue weighted by molar-refractivity contribution is 0.217. The molecule has 0 radical (unpaired) electrons. The van der Waals surface area contributed by atoms with Crippen LogP contribution in [0.4, 0.5) is 5.69 Å². The first-order valence-electron chi connectivity index (χ1n) is 8.62. The number of benzene rings is 1. The fourth-order valence-electron chi connectivity index (χ4n) is 3.74. The molecule has 1 aliphatic carbocycles. The molecule has 0 bridgehead atoms. The third-order valence-electron chi connectivity index (χ3n) is 4.94. The lowest BCUT2D eigenvalue weighted by Crippen LogP contribution is -2.45. The van der Waals surface area contributed by atoms with Gasteiger partial charge in [0.2, 0.25) is 0 Å². The van der Waals surface area contributed by atoms with Crippen LogP contribution in [-0.4, -0.2) is 26.2 Å². The van der Waals surface area contributed by atoms with Crippen molar-refractivity contribution < 1.29 is 0 Å². The molecule has 1 aromatic rings. The summed E-state index contributed by atoms with van der Waals surface area (Å²) < 4.78 is 0. The quantitative estimate of drug-likeness (QED) is 0.842. The van der Waals surface area contributed by atoms with Gasteiger partial charge in [-0.3, -0.25) is 0 Å². The summed E-state index contributed by atoms with van der Waals surface area (Å²) in [4.78, 5) is 2.46. The Kier molecular flexibility index (Phi) is 6.10. The van der Waals surface area contributed by atoms with Crippen molar-refractivity contribution in [3.05, 3.63) is 29.8 Å². The zero-order chi connectivity index (χ0) is 15.2. The molecule has 118 valence electrons.